The lowest BCUT2D eigenvalue weighted by atomic mass is 9.91. The van der Waals surface area contributed by atoms with Crippen LogP contribution in [0.1, 0.15) is 5.56 Å². The zero-order valence-electron chi connectivity index (χ0n) is 18.1. The summed E-state index contributed by atoms with van der Waals surface area (Å²) < 4.78 is 89.1. The van der Waals surface area contributed by atoms with E-state index in [4.69, 9.17) is 4.74 Å². The van der Waals surface area contributed by atoms with Gasteiger partial charge in [-0.25, -0.2) is 0 Å². The molecule has 4 aromatic carbocycles. The first-order valence-corrected chi connectivity index (χ1v) is 11.9. The van der Waals surface area contributed by atoms with Gasteiger partial charge in [-0.05, 0) is 63.2 Å². The topological polar surface area (TPSA) is 9.23 Å². The minimum Gasteiger partial charge on any atom is -0.464 e. The number of hydrogen-bond acceptors (Lipinski definition) is 1. The van der Waals surface area contributed by atoms with E-state index in [1.165, 1.54) is 18.2 Å². The molecule has 4 rings (SSSR count). The zero-order chi connectivity index (χ0) is 25.1. The second kappa shape index (κ2) is 9.70. The molecule has 1 nitrogen and oxygen atoms in total. The van der Waals surface area contributed by atoms with Crippen molar-refractivity contribution in [1.82, 2.24) is 0 Å². The van der Waals surface area contributed by atoms with Crippen molar-refractivity contribution >= 4 is 10.9 Å². The summed E-state index contributed by atoms with van der Waals surface area (Å²) in [4.78, 5) is 2.74. The minimum absolute atomic E-state index is 0.539. The van der Waals surface area contributed by atoms with Crippen LogP contribution >= 0.6 is 10.9 Å². The SMILES string of the molecule is FC(F)(F)C(Oc1ccc([SH](c2ccccc2)c2ccccc2)cc1)(c1ccccc1)C(F)(F)F. The number of benzene rings is 4. The Morgan fingerprint density at radius 3 is 1.23 bits per heavy atom. The van der Waals surface area contributed by atoms with Crippen molar-refractivity contribution in [3.63, 3.8) is 0 Å². The van der Waals surface area contributed by atoms with E-state index in [2.05, 4.69) is 0 Å². The van der Waals surface area contributed by atoms with Crippen LogP contribution in [-0.2, 0) is 5.60 Å². The van der Waals surface area contributed by atoms with E-state index in [0.717, 1.165) is 51.1 Å². The lowest BCUT2D eigenvalue weighted by molar-refractivity contribution is -0.365. The van der Waals surface area contributed by atoms with Gasteiger partial charge < -0.3 is 4.74 Å². The highest BCUT2D eigenvalue weighted by atomic mass is 32.2. The summed E-state index contributed by atoms with van der Waals surface area (Å²) >= 11 is 0. The van der Waals surface area contributed by atoms with Crippen molar-refractivity contribution in [2.75, 3.05) is 0 Å². The van der Waals surface area contributed by atoms with Crippen molar-refractivity contribution in [1.29, 1.82) is 0 Å². The van der Waals surface area contributed by atoms with Crippen LogP contribution in [0.5, 0.6) is 5.75 Å². The molecule has 35 heavy (non-hydrogen) atoms. The molecule has 0 bridgehead atoms. The second-order valence-electron chi connectivity index (χ2n) is 7.65. The summed E-state index contributed by atoms with van der Waals surface area (Å²) in [6, 6.07) is 29.5. The fourth-order valence-electron chi connectivity index (χ4n) is 3.78. The number of halogens is 6. The Bertz CT molecular complexity index is 1170. The normalized spacial score (nSPS) is 12.8. The Labute approximate surface area is 201 Å². The van der Waals surface area contributed by atoms with Gasteiger partial charge in [0.2, 0.25) is 0 Å². The van der Waals surface area contributed by atoms with Crippen molar-refractivity contribution in [2.24, 2.45) is 0 Å². The molecule has 0 saturated heterocycles. The zero-order valence-corrected chi connectivity index (χ0v) is 19.0. The predicted molar refractivity (Wildman–Crippen MR) is 124 cm³/mol. The molecule has 0 unspecified atom stereocenters. The monoisotopic (exact) mass is 506 g/mol. The molecule has 0 atom stereocenters. The summed E-state index contributed by atoms with van der Waals surface area (Å²) in [6.45, 7) is 0. The maximum atomic E-state index is 14.1. The third-order valence-corrected chi connectivity index (χ3v) is 7.82. The molecule has 0 aliphatic rings. The highest BCUT2D eigenvalue weighted by molar-refractivity contribution is 8.17. The van der Waals surface area contributed by atoms with Crippen LogP contribution in [0, 0.1) is 0 Å². The molecule has 0 aromatic heterocycles. The first kappa shape index (κ1) is 24.7. The number of rotatable bonds is 6. The van der Waals surface area contributed by atoms with Gasteiger partial charge in [-0.2, -0.15) is 37.2 Å². The van der Waals surface area contributed by atoms with E-state index in [1.54, 1.807) is 0 Å². The smallest absolute Gasteiger partial charge is 0.442 e. The first-order chi connectivity index (χ1) is 16.6. The van der Waals surface area contributed by atoms with Gasteiger partial charge in [0, 0.05) is 5.56 Å². The lowest BCUT2D eigenvalue weighted by Gasteiger charge is -2.37. The van der Waals surface area contributed by atoms with Gasteiger partial charge in [0.1, 0.15) is 5.75 Å². The van der Waals surface area contributed by atoms with Crippen molar-refractivity contribution in [3.8, 4) is 5.75 Å². The predicted octanol–water partition coefficient (Wildman–Crippen LogP) is 8.56. The summed E-state index contributed by atoms with van der Waals surface area (Å²) in [6.07, 6.45) is -11.5. The molecule has 8 heteroatoms. The molecule has 0 aliphatic heterocycles. The van der Waals surface area contributed by atoms with Gasteiger partial charge in [-0.3, -0.25) is 0 Å². The van der Waals surface area contributed by atoms with Crippen LogP contribution in [0.15, 0.2) is 130 Å². The van der Waals surface area contributed by atoms with Gasteiger partial charge in [0.25, 0.3) is 0 Å². The van der Waals surface area contributed by atoms with Crippen molar-refractivity contribution in [3.05, 3.63) is 121 Å². The van der Waals surface area contributed by atoms with E-state index in [0.29, 0.717) is 0 Å². The number of ether oxygens (including phenoxy) is 1. The van der Waals surface area contributed by atoms with Gasteiger partial charge in [-0.15, -0.1) is 0 Å². The molecule has 182 valence electrons. The van der Waals surface area contributed by atoms with Gasteiger partial charge >= 0.3 is 18.0 Å². The summed E-state index contributed by atoms with van der Waals surface area (Å²) in [5.41, 5.74) is -5.55. The average molecular weight is 507 g/mol. The Kier molecular flexibility index (Phi) is 6.85. The number of hydrogen-bond donors (Lipinski definition) is 1. The average Bonchev–Trinajstić information content (AvgIpc) is 2.84. The van der Waals surface area contributed by atoms with Crippen molar-refractivity contribution < 1.29 is 31.1 Å². The number of thiol groups is 1. The maximum Gasteiger partial charge on any atom is 0.442 e. The third-order valence-electron chi connectivity index (χ3n) is 5.37. The highest BCUT2D eigenvalue weighted by Crippen LogP contribution is 2.54. The van der Waals surface area contributed by atoms with Crippen LogP contribution in [0.4, 0.5) is 26.3 Å². The molecule has 0 radical (unpaired) electrons. The third kappa shape index (κ3) is 4.89. The summed E-state index contributed by atoms with van der Waals surface area (Å²) in [5, 5.41) is 0. The molecule has 0 aliphatic carbocycles. The van der Waals surface area contributed by atoms with E-state index in [9.17, 15) is 26.3 Å². The van der Waals surface area contributed by atoms with E-state index >= 15 is 0 Å². The fraction of sp³-hybridized carbons (Fsp3) is 0.111. The molecule has 4 aromatic rings. The molecular formula is C27H20F6OS. The minimum atomic E-state index is -5.76. The van der Waals surface area contributed by atoms with Gasteiger partial charge in [0.05, 0.1) is 0 Å². The molecule has 0 spiro atoms. The summed E-state index contributed by atoms with van der Waals surface area (Å²) in [7, 11) is -1.08. The maximum absolute atomic E-state index is 14.1. The standard InChI is InChI=1S/C27H20F6OS/c28-26(29,30)25(27(31,32)33,20-10-4-1-5-11-20)34-21-16-18-24(19-17-21)35(22-12-6-2-7-13-22)23-14-8-3-9-15-23/h1-19,35H. The largest absolute Gasteiger partial charge is 0.464 e. The fourth-order valence-corrected chi connectivity index (χ4v) is 6.06. The Balaban J connectivity index is 1.76. The quantitative estimate of drug-likeness (QED) is 0.204. The van der Waals surface area contributed by atoms with E-state index < -0.39 is 40.2 Å². The van der Waals surface area contributed by atoms with Crippen LogP contribution in [0.25, 0.3) is 0 Å². The van der Waals surface area contributed by atoms with E-state index in [-0.39, 0.29) is 0 Å². The molecule has 0 N–H and O–H groups in total. The molecule has 0 heterocycles. The highest BCUT2D eigenvalue weighted by Gasteiger charge is 2.74. The van der Waals surface area contributed by atoms with Gasteiger partial charge in [-0.1, -0.05) is 66.7 Å². The van der Waals surface area contributed by atoms with E-state index in [1.807, 2.05) is 60.7 Å². The Morgan fingerprint density at radius 2 is 0.829 bits per heavy atom. The molecular weight excluding hydrogens is 486 g/mol. The number of alkyl halides is 6. The van der Waals surface area contributed by atoms with Crippen LogP contribution in [0.3, 0.4) is 0 Å². The molecule has 0 amide bonds. The Hall–Kier alpha value is -3.39. The second-order valence-corrected chi connectivity index (χ2v) is 9.87. The molecule has 0 saturated carbocycles. The molecule has 0 fully saturated rings. The van der Waals surface area contributed by atoms with Crippen LogP contribution in [0.2, 0.25) is 0 Å². The Morgan fingerprint density at radius 1 is 0.457 bits per heavy atom. The lowest BCUT2D eigenvalue weighted by Crippen LogP contribution is -2.58. The summed E-state index contributed by atoms with van der Waals surface area (Å²) in [5.74, 6) is -0.539. The van der Waals surface area contributed by atoms with Crippen LogP contribution in [-0.4, -0.2) is 12.4 Å². The van der Waals surface area contributed by atoms with Gasteiger partial charge in [0.15, 0.2) is 0 Å². The first-order valence-electron chi connectivity index (χ1n) is 10.5. The van der Waals surface area contributed by atoms with Crippen molar-refractivity contribution in [2.45, 2.75) is 32.6 Å². The van der Waals surface area contributed by atoms with Crippen LogP contribution < -0.4 is 4.74 Å².